The average Bonchev–Trinajstić information content (AvgIpc) is 2.37. The minimum atomic E-state index is -3.71. The van der Waals surface area contributed by atoms with Crippen molar-refractivity contribution in [3.05, 3.63) is 23.8 Å². The molecule has 1 saturated heterocycles. The molecule has 1 amide bonds. The summed E-state index contributed by atoms with van der Waals surface area (Å²) in [6.45, 7) is 0.323. The van der Waals surface area contributed by atoms with Crippen LogP contribution in [0, 0.1) is 0 Å². The van der Waals surface area contributed by atoms with Gasteiger partial charge >= 0.3 is 0 Å². The summed E-state index contributed by atoms with van der Waals surface area (Å²) in [5.41, 5.74) is -0.220. The highest BCUT2D eigenvalue weighted by atomic mass is 32.2. The molecule has 110 valence electrons. The Kier molecular flexibility index (Phi) is 3.87. The molecule has 0 aromatic heterocycles. The fourth-order valence-corrected chi connectivity index (χ4v) is 3.18. The Morgan fingerprint density at radius 2 is 1.90 bits per heavy atom. The van der Waals surface area contributed by atoms with E-state index in [4.69, 9.17) is 5.14 Å². The molecule has 7 nitrogen and oxygen atoms in total. The Morgan fingerprint density at radius 3 is 2.45 bits per heavy atom. The number of aromatic hydroxyl groups is 2. The van der Waals surface area contributed by atoms with Crippen LogP contribution < -0.4 is 5.14 Å². The Balaban J connectivity index is 2.26. The number of phenolic OH excluding ortho intramolecular Hbond substituents is 2. The van der Waals surface area contributed by atoms with E-state index in [2.05, 4.69) is 0 Å². The topological polar surface area (TPSA) is 121 Å². The van der Waals surface area contributed by atoms with Crippen LogP contribution in [0.5, 0.6) is 11.5 Å². The minimum absolute atomic E-state index is 0.0363. The van der Waals surface area contributed by atoms with Crippen molar-refractivity contribution in [3.8, 4) is 11.5 Å². The van der Waals surface area contributed by atoms with Crippen molar-refractivity contribution in [2.75, 3.05) is 13.1 Å². The maximum atomic E-state index is 12.3. The number of carbonyl (C=O) groups excluding carboxylic acids is 1. The monoisotopic (exact) mass is 300 g/mol. The predicted octanol–water partition coefficient (Wildman–Crippen LogP) is -0.00910. The molecule has 1 aromatic carbocycles. The number of piperidine rings is 1. The summed E-state index contributed by atoms with van der Waals surface area (Å²) in [6, 6.07) is 3.98. The van der Waals surface area contributed by atoms with Crippen LogP contribution in [0.25, 0.3) is 0 Å². The number of carbonyl (C=O) groups is 1. The third kappa shape index (κ3) is 2.86. The fourth-order valence-electron chi connectivity index (χ4n) is 2.30. The first-order valence-corrected chi connectivity index (χ1v) is 7.73. The first kappa shape index (κ1) is 14.6. The lowest BCUT2D eigenvalue weighted by molar-refractivity contribution is 0.0720. The van der Waals surface area contributed by atoms with E-state index in [0.717, 1.165) is 0 Å². The second-order valence-electron chi connectivity index (χ2n) is 4.78. The Labute approximate surface area is 116 Å². The summed E-state index contributed by atoms with van der Waals surface area (Å²) in [7, 11) is -3.71. The second kappa shape index (κ2) is 5.29. The van der Waals surface area contributed by atoms with Gasteiger partial charge in [-0.05, 0) is 25.0 Å². The molecule has 1 aliphatic heterocycles. The van der Waals surface area contributed by atoms with Gasteiger partial charge in [0.05, 0.1) is 5.25 Å². The van der Waals surface area contributed by atoms with Crippen molar-refractivity contribution in [2.24, 2.45) is 5.14 Å². The minimum Gasteiger partial charge on any atom is -0.507 e. The van der Waals surface area contributed by atoms with E-state index in [1.165, 1.54) is 23.1 Å². The summed E-state index contributed by atoms with van der Waals surface area (Å²) in [5.74, 6) is -1.28. The number of hydrogen-bond acceptors (Lipinski definition) is 5. The maximum absolute atomic E-state index is 12.3. The van der Waals surface area contributed by atoms with Gasteiger partial charge in [0.15, 0.2) is 0 Å². The van der Waals surface area contributed by atoms with E-state index in [9.17, 15) is 23.4 Å². The highest BCUT2D eigenvalue weighted by molar-refractivity contribution is 7.89. The normalized spacial score (nSPS) is 19.9. The average molecular weight is 300 g/mol. The molecule has 1 atom stereocenters. The number of benzene rings is 1. The summed E-state index contributed by atoms with van der Waals surface area (Å²) in [5, 5.41) is 23.6. The van der Waals surface area contributed by atoms with Crippen molar-refractivity contribution < 1.29 is 23.4 Å². The molecule has 0 spiro atoms. The Morgan fingerprint density at radius 1 is 1.30 bits per heavy atom. The molecular formula is C12H16N2O5S. The van der Waals surface area contributed by atoms with Crippen LogP contribution in [0.1, 0.15) is 23.2 Å². The number of nitrogens with two attached hydrogens (primary N) is 1. The lowest BCUT2D eigenvalue weighted by atomic mass is 10.1. The van der Waals surface area contributed by atoms with Gasteiger partial charge in [-0.25, -0.2) is 13.6 Å². The fraction of sp³-hybridized carbons (Fsp3) is 0.417. The van der Waals surface area contributed by atoms with Gasteiger partial charge in [-0.2, -0.15) is 0 Å². The third-order valence-electron chi connectivity index (χ3n) is 3.36. The number of likely N-dealkylation sites (tertiary alicyclic amines) is 1. The van der Waals surface area contributed by atoms with Gasteiger partial charge in [0.25, 0.3) is 5.91 Å². The molecule has 8 heteroatoms. The van der Waals surface area contributed by atoms with Crippen LogP contribution in [-0.4, -0.2) is 47.8 Å². The lowest BCUT2D eigenvalue weighted by Gasteiger charge is -2.31. The smallest absolute Gasteiger partial charge is 0.261 e. The van der Waals surface area contributed by atoms with E-state index >= 15 is 0 Å². The van der Waals surface area contributed by atoms with Crippen molar-refractivity contribution in [2.45, 2.75) is 18.1 Å². The zero-order chi connectivity index (χ0) is 14.9. The Bertz CT molecular complexity index is 608. The molecule has 0 radical (unpaired) electrons. The summed E-state index contributed by atoms with van der Waals surface area (Å²) < 4.78 is 22.7. The molecular weight excluding hydrogens is 284 g/mol. The van der Waals surface area contributed by atoms with Gasteiger partial charge in [-0.3, -0.25) is 4.79 Å². The van der Waals surface area contributed by atoms with Gasteiger partial charge in [-0.1, -0.05) is 6.07 Å². The summed E-state index contributed by atoms with van der Waals surface area (Å²) in [4.78, 5) is 13.6. The second-order valence-corrected chi connectivity index (χ2v) is 6.62. The molecule has 1 aliphatic rings. The lowest BCUT2D eigenvalue weighted by Crippen LogP contribution is -2.47. The van der Waals surface area contributed by atoms with Crippen molar-refractivity contribution in [1.82, 2.24) is 4.90 Å². The van der Waals surface area contributed by atoms with Crippen molar-refractivity contribution in [3.63, 3.8) is 0 Å². The van der Waals surface area contributed by atoms with Gasteiger partial charge in [0.1, 0.15) is 17.1 Å². The van der Waals surface area contributed by atoms with E-state index < -0.39 is 21.2 Å². The summed E-state index contributed by atoms with van der Waals surface area (Å²) in [6.07, 6.45) is 0.899. The van der Waals surface area contributed by atoms with Crippen LogP contribution in [0.15, 0.2) is 18.2 Å². The quantitative estimate of drug-likeness (QED) is 0.709. The number of sulfonamides is 1. The van der Waals surface area contributed by atoms with E-state index in [0.29, 0.717) is 19.4 Å². The first-order chi connectivity index (χ1) is 9.30. The molecule has 2 rings (SSSR count). The van der Waals surface area contributed by atoms with E-state index in [-0.39, 0.29) is 23.6 Å². The van der Waals surface area contributed by atoms with Crippen LogP contribution >= 0.6 is 0 Å². The zero-order valence-corrected chi connectivity index (χ0v) is 11.5. The number of rotatable bonds is 2. The van der Waals surface area contributed by atoms with Crippen LogP contribution in [0.2, 0.25) is 0 Å². The SMILES string of the molecule is NS(=O)(=O)C1CCCN(C(=O)c2c(O)cccc2O)C1. The molecule has 20 heavy (non-hydrogen) atoms. The molecule has 1 fully saturated rings. The van der Waals surface area contributed by atoms with Crippen LogP contribution in [0.4, 0.5) is 0 Å². The highest BCUT2D eigenvalue weighted by Gasteiger charge is 2.32. The third-order valence-corrected chi connectivity index (χ3v) is 4.68. The molecule has 0 saturated carbocycles. The van der Waals surface area contributed by atoms with Crippen LogP contribution in [-0.2, 0) is 10.0 Å². The zero-order valence-electron chi connectivity index (χ0n) is 10.7. The molecule has 1 unspecified atom stereocenters. The largest absolute Gasteiger partial charge is 0.507 e. The first-order valence-electron chi connectivity index (χ1n) is 6.12. The highest BCUT2D eigenvalue weighted by Crippen LogP contribution is 2.29. The molecule has 1 aromatic rings. The molecule has 1 heterocycles. The molecule has 0 aliphatic carbocycles. The van der Waals surface area contributed by atoms with Crippen LogP contribution in [0.3, 0.4) is 0 Å². The Hall–Kier alpha value is -1.80. The number of hydrogen-bond donors (Lipinski definition) is 3. The van der Waals surface area contributed by atoms with Gasteiger partial charge in [0.2, 0.25) is 10.0 Å². The summed E-state index contributed by atoms with van der Waals surface area (Å²) >= 11 is 0. The number of nitrogens with zero attached hydrogens (tertiary/aromatic N) is 1. The predicted molar refractivity (Wildman–Crippen MR) is 71.8 cm³/mol. The number of phenols is 2. The van der Waals surface area contributed by atoms with Crippen molar-refractivity contribution in [1.29, 1.82) is 0 Å². The van der Waals surface area contributed by atoms with Gasteiger partial charge in [-0.15, -0.1) is 0 Å². The molecule has 0 bridgehead atoms. The number of primary sulfonamides is 1. The molecule has 4 N–H and O–H groups in total. The van der Waals surface area contributed by atoms with E-state index in [1.807, 2.05) is 0 Å². The van der Waals surface area contributed by atoms with Gasteiger partial charge < -0.3 is 15.1 Å². The van der Waals surface area contributed by atoms with Crippen molar-refractivity contribution >= 4 is 15.9 Å². The maximum Gasteiger partial charge on any atom is 0.261 e. The standard InChI is InChI=1S/C12H16N2O5S/c13-20(18,19)8-3-2-6-14(7-8)12(17)11-9(15)4-1-5-10(11)16/h1,4-5,8,15-16H,2-3,6-7H2,(H2,13,18,19). The number of amides is 1. The van der Waals surface area contributed by atoms with Gasteiger partial charge in [0, 0.05) is 13.1 Å². The van der Waals surface area contributed by atoms with E-state index in [1.54, 1.807) is 0 Å².